The van der Waals surface area contributed by atoms with Crippen LogP contribution in [0.5, 0.6) is 11.5 Å². The van der Waals surface area contributed by atoms with Gasteiger partial charge in [0.05, 0.1) is 32.0 Å². The second kappa shape index (κ2) is 15.8. The molecule has 8 heteroatoms. The molecule has 40 heavy (non-hydrogen) atoms. The summed E-state index contributed by atoms with van der Waals surface area (Å²) in [5.41, 5.74) is 3.31. The predicted molar refractivity (Wildman–Crippen MR) is 156 cm³/mol. The van der Waals surface area contributed by atoms with Crippen molar-refractivity contribution in [2.75, 3.05) is 33.0 Å². The van der Waals surface area contributed by atoms with E-state index in [0.717, 1.165) is 23.1 Å². The molecule has 0 aliphatic carbocycles. The summed E-state index contributed by atoms with van der Waals surface area (Å²) in [7, 11) is 0. The van der Waals surface area contributed by atoms with Gasteiger partial charge in [0.1, 0.15) is 23.5 Å². The average molecular weight is 567 g/mol. The topological polar surface area (TPSA) is 91.3 Å². The summed E-state index contributed by atoms with van der Waals surface area (Å²) < 4.78 is 21.9. The van der Waals surface area contributed by atoms with Crippen LogP contribution >= 0.6 is 11.6 Å². The third kappa shape index (κ3) is 8.95. The van der Waals surface area contributed by atoms with Crippen LogP contribution in [0.4, 0.5) is 0 Å². The fraction of sp³-hybridized carbons (Fsp3) is 0.312. The lowest BCUT2D eigenvalue weighted by Gasteiger charge is -2.15. The van der Waals surface area contributed by atoms with Gasteiger partial charge in [-0.25, -0.2) is 4.79 Å². The lowest BCUT2D eigenvalue weighted by atomic mass is 9.96. The van der Waals surface area contributed by atoms with Crippen molar-refractivity contribution < 1.29 is 33.6 Å². The number of benzene rings is 3. The monoisotopic (exact) mass is 566 g/mol. The Labute approximate surface area is 240 Å². The fourth-order valence-corrected chi connectivity index (χ4v) is 4.04. The highest BCUT2D eigenvalue weighted by molar-refractivity contribution is 6.30. The van der Waals surface area contributed by atoms with Crippen molar-refractivity contribution in [1.82, 2.24) is 0 Å². The molecular weight excluding hydrogens is 532 g/mol. The molecule has 0 aromatic heterocycles. The zero-order valence-electron chi connectivity index (χ0n) is 22.8. The smallest absolute Gasteiger partial charge is 0.336 e. The van der Waals surface area contributed by atoms with E-state index >= 15 is 0 Å². The molecule has 1 N–H and O–H groups in total. The van der Waals surface area contributed by atoms with Gasteiger partial charge in [0.15, 0.2) is 0 Å². The maximum Gasteiger partial charge on any atom is 0.336 e. The Morgan fingerprint density at radius 1 is 0.875 bits per heavy atom. The first-order valence-corrected chi connectivity index (χ1v) is 13.6. The van der Waals surface area contributed by atoms with E-state index < -0.39 is 17.3 Å². The molecule has 0 heterocycles. The molecule has 0 fully saturated rings. The highest BCUT2D eigenvalue weighted by atomic mass is 35.5. The average Bonchev–Trinajstić information content (AvgIpc) is 2.98. The maximum atomic E-state index is 12.3. The van der Waals surface area contributed by atoms with Gasteiger partial charge in [0.25, 0.3) is 0 Å². The molecule has 0 saturated heterocycles. The first-order valence-electron chi connectivity index (χ1n) is 13.2. The molecule has 0 unspecified atom stereocenters. The van der Waals surface area contributed by atoms with Crippen LogP contribution < -0.4 is 9.47 Å². The van der Waals surface area contributed by atoms with Gasteiger partial charge < -0.3 is 24.1 Å². The number of alkyl halides is 1. The van der Waals surface area contributed by atoms with Crippen LogP contribution in [-0.4, -0.2) is 55.5 Å². The van der Waals surface area contributed by atoms with Gasteiger partial charge in [-0.05, 0) is 58.5 Å². The number of halogens is 1. The molecule has 0 bridgehead atoms. The number of carboxylic acid groups (broad SMARTS) is 1. The zero-order chi connectivity index (χ0) is 28.9. The van der Waals surface area contributed by atoms with Crippen LogP contribution in [0.15, 0.2) is 79.4 Å². The number of carbonyl (C=O) groups excluding carboxylic acids is 1. The van der Waals surface area contributed by atoms with Crippen LogP contribution in [0.25, 0.3) is 22.3 Å². The Morgan fingerprint density at radius 3 is 2.08 bits per heavy atom. The van der Waals surface area contributed by atoms with E-state index in [1.165, 1.54) is 6.07 Å². The quantitative estimate of drug-likeness (QED) is 0.0664. The summed E-state index contributed by atoms with van der Waals surface area (Å²) in [4.78, 5) is 24.1. The Bertz CT molecular complexity index is 1260. The lowest BCUT2D eigenvalue weighted by molar-refractivity contribution is -0.134. The molecule has 0 aliphatic heterocycles. The van der Waals surface area contributed by atoms with Crippen LogP contribution in [0.3, 0.4) is 0 Å². The maximum absolute atomic E-state index is 12.3. The molecule has 3 rings (SSSR count). The lowest BCUT2D eigenvalue weighted by Crippen LogP contribution is -2.26. The molecule has 212 valence electrons. The van der Waals surface area contributed by atoms with Crippen molar-refractivity contribution in [2.24, 2.45) is 5.92 Å². The van der Waals surface area contributed by atoms with Gasteiger partial charge in [-0.2, -0.15) is 0 Å². The highest BCUT2D eigenvalue weighted by Gasteiger charge is 2.23. The van der Waals surface area contributed by atoms with Crippen molar-refractivity contribution in [2.45, 2.75) is 25.6 Å². The Morgan fingerprint density at radius 2 is 1.45 bits per heavy atom. The molecule has 7 nitrogen and oxygen atoms in total. The van der Waals surface area contributed by atoms with Crippen molar-refractivity contribution >= 4 is 23.5 Å². The highest BCUT2D eigenvalue weighted by Crippen LogP contribution is 2.31. The van der Waals surface area contributed by atoms with Crippen LogP contribution in [-0.2, 0) is 14.3 Å². The Hall–Kier alpha value is -3.65. The number of esters is 1. The molecule has 0 aliphatic rings. The third-order valence-corrected chi connectivity index (χ3v) is 6.90. The number of ether oxygens (including phenoxy) is 4. The van der Waals surface area contributed by atoms with Gasteiger partial charge in [-0.15, -0.1) is 18.2 Å². The van der Waals surface area contributed by atoms with E-state index in [9.17, 15) is 14.7 Å². The first-order chi connectivity index (χ1) is 19.3. The van der Waals surface area contributed by atoms with Crippen LogP contribution in [0.1, 0.15) is 30.6 Å². The molecule has 3 aromatic rings. The summed E-state index contributed by atoms with van der Waals surface area (Å²) in [6.07, 6.45) is 2.46. The molecule has 0 amide bonds. The summed E-state index contributed by atoms with van der Waals surface area (Å²) >= 11 is 6.19. The summed E-state index contributed by atoms with van der Waals surface area (Å²) in [6.45, 7) is 9.58. The van der Waals surface area contributed by atoms with E-state index in [2.05, 4.69) is 6.58 Å². The number of aromatic carboxylic acids is 1. The van der Waals surface area contributed by atoms with E-state index in [-0.39, 0.29) is 11.5 Å². The van der Waals surface area contributed by atoms with Crippen molar-refractivity contribution in [1.29, 1.82) is 0 Å². The normalized spacial score (nSPS) is 12.4. The van der Waals surface area contributed by atoms with Gasteiger partial charge in [-0.3, -0.25) is 4.79 Å². The minimum atomic E-state index is -1.02. The Kier molecular flexibility index (Phi) is 12.2. The number of hydrogen-bond donors (Lipinski definition) is 1. The molecule has 0 spiro atoms. The SMILES string of the molecule is C=CCOCCOCCOc1ccc(C(=O)O)c(-c2ccc(-c3ccc(OC(=O)[C@@H](Cl)[C@@H](C)CC)cc3)cc2)c1. The predicted octanol–water partition coefficient (Wildman–Crippen LogP) is 6.88. The number of rotatable bonds is 16. The second-order valence-corrected chi connectivity index (χ2v) is 9.62. The number of carbonyl (C=O) groups is 2. The van der Waals surface area contributed by atoms with E-state index in [1.54, 1.807) is 30.3 Å². The minimum Gasteiger partial charge on any atom is -0.491 e. The molecule has 3 aromatic carbocycles. The van der Waals surface area contributed by atoms with Gasteiger partial charge in [0, 0.05) is 0 Å². The van der Waals surface area contributed by atoms with Crippen LogP contribution in [0, 0.1) is 5.92 Å². The van der Waals surface area contributed by atoms with E-state index in [1.807, 2.05) is 50.2 Å². The molecular formula is C32H35ClO7. The molecule has 0 saturated carbocycles. The van der Waals surface area contributed by atoms with Crippen molar-refractivity contribution in [3.05, 3.63) is 84.9 Å². The van der Waals surface area contributed by atoms with Crippen molar-refractivity contribution in [3.8, 4) is 33.8 Å². The second-order valence-electron chi connectivity index (χ2n) is 9.15. The van der Waals surface area contributed by atoms with Crippen LogP contribution in [0.2, 0.25) is 0 Å². The molecule has 0 radical (unpaired) electrons. The van der Waals surface area contributed by atoms with E-state index in [0.29, 0.717) is 50.1 Å². The largest absolute Gasteiger partial charge is 0.491 e. The number of carboxylic acids is 1. The summed E-state index contributed by atoms with van der Waals surface area (Å²) in [5, 5.41) is 9.03. The third-order valence-electron chi connectivity index (χ3n) is 6.30. The Balaban J connectivity index is 1.65. The summed E-state index contributed by atoms with van der Waals surface area (Å²) in [5.74, 6) is -0.490. The zero-order valence-corrected chi connectivity index (χ0v) is 23.6. The van der Waals surface area contributed by atoms with Crippen molar-refractivity contribution in [3.63, 3.8) is 0 Å². The van der Waals surface area contributed by atoms with Gasteiger partial charge in [0.2, 0.25) is 0 Å². The van der Waals surface area contributed by atoms with E-state index in [4.69, 9.17) is 30.5 Å². The van der Waals surface area contributed by atoms with Gasteiger partial charge >= 0.3 is 11.9 Å². The fourth-order valence-electron chi connectivity index (χ4n) is 3.81. The van der Waals surface area contributed by atoms with Gasteiger partial charge in [-0.1, -0.05) is 62.7 Å². The summed E-state index contributed by atoms with van der Waals surface area (Å²) in [6, 6.07) is 19.6. The minimum absolute atomic E-state index is 0.0212. The number of hydrogen-bond acceptors (Lipinski definition) is 6. The first kappa shape index (κ1) is 30.9. The molecule has 2 atom stereocenters. The standard InChI is InChI=1S/C32H35ClO7/c1-4-16-37-17-18-38-19-20-39-27-14-15-28(31(34)35)29(21-27)25-8-6-23(7-9-25)24-10-12-26(13-11-24)40-32(36)30(33)22(3)5-2/h4,6-15,21-22,30H,1,5,16-20H2,2-3H3,(H,34,35)/t22-,30-/m0/s1.